The molecule has 0 spiro atoms. The molecule has 1 aromatic carbocycles. The average molecular weight is 340 g/mol. The standard InChI is InChI=1S/C13H14BrN3O3/c1-3-15-8(2)13-16-7-12(20-13)9-4-10(14)6-11(5-9)17(18)19/h4-8,15H,3H2,1-2H3. The molecule has 0 saturated heterocycles. The van der Waals surface area contributed by atoms with Crippen molar-refractivity contribution in [3.8, 4) is 11.3 Å². The van der Waals surface area contributed by atoms with E-state index >= 15 is 0 Å². The Morgan fingerprint density at radius 1 is 1.50 bits per heavy atom. The molecule has 6 nitrogen and oxygen atoms in total. The number of hydrogen-bond donors (Lipinski definition) is 1. The van der Waals surface area contributed by atoms with Crippen molar-refractivity contribution in [3.05, 3.63) is 44.9 Å². The van der Waals surface area contributed by atoms with Crippen LogP contribution in [0.2, 0.25) is 0 Å². The minimum Gasteiger partial charge on any atom is -0.439 e. The number of nitrogens with one attached hydrogen (secondary N) is 1. The van der Waals surface area contributed by atoms with E-state index in [-0.39, 0.29) is 11.7 Å². The molecular formula is C13H14BrN3O3. The van der Waals surface area contributed by atoms with Crippen LogP contribution in [0.1, 0.15) is 25.8 Å². The highest BCUT2D eigenvalue weighted by molar-refractivity contribution is 9.10. The predicted molar refractivity (Wildman–Crippen MR) is 78.4 cm³/mol. The van der Waals surface area contributed by atoms with Crippen LogP contribution in [-0.4, -0.2) is 16.5 Å². The van der Waals surface area contributed by atoms with Gasteiger partial charge in [-0.15, -0.1) is 0 Å². The quantitative estimate of drug-likeness (QED) is 0.663. The molecule has 2 rings (SSSR count). The molecule has 0 aliphatic carbocycles. The first kappa shape index (κ1) is 14.7. The average Bonchev–Trinajstić information content (AvgIpc) is 2.88. The van der Waals surface area contributed by atoms with Gasteiger partial charge in [0.1, 0.15) is 0 Å². The van der Waals surface area contributed by atoms with Crippen LogP contribution in [0.15, 0.2) is 33.3 Å². The Hall–Kier alpha value is -1.73. The highest BCUT2D eigenvalue weighted by atomic mass is 79.9. The molecule has 1 heterocycles. The number of nitro benzene ring substituents is 1. The van der Waals surface area contributed by atoms with E-state index in [1.165, 1.54) is 12.1 Å². The number of rotatable bonds is 5. The summed E-state index contributed by atoms with van der Waals surface area (Å²) in [6.45, 7) is 4.75. The Kier molecular flexibility index (Phi) is 4.51. The summed E-state index contributed by atoms with van der Waals surface area (Å²) in [6, 6.07) is 4.67. The molecule has 0 aliphatic rings. The SMILES string of the molecule is CCNC(C)c1ncc(-c2cc(Br)cc([N+](=O)[O-])c2)o1. The fourth-order valence-electron chi connectivity index (χ4n) is 1.84. The topological polar surface area (TPSA) is 81.2 Å². The van der Waals surface area contributed by atoms with E-state index < -0.39 is 4.92 Å². The van der Waals surface area contributed by atoms with E-state index in [0.29, 0.717) is 21.7 Å². The molecule has 0 bridgehead atoms. The first-order chi connectivity index (χ1) is 9.51. The Labute approximate surface area is 124 Å². The number of halogens is 1. The highest BCUT2D eigenvalue weighted by Gasteiger charge is 2.15. The number of non-ortho nitro benzene ring substituents is 1. The summed E-state index contributed by atoms with van der Waals surface area (Å²) in [5, 5.41) is 14.1. The summed E-state index contributed by atoms with van der Waals surface area (Å²) in [4.78, 5) is 14.6. The molecule has 20 heavy (non-hydrogen) atoms. The van der Waals surface area contributed by atoms with Gasteiger partial charge in [0.05, 0.1) is 17.2 Å². The highest BCUT2D eigenvalue weighted by Crippen LogP contribution is 2.29. The predicted octanol–water partition coefficient (Wildman–Crippen LogP) is 3.68. The van der Waals surface area contributed by atoms with E-state index in [2.05, 4.69) is 26.2 Å². The molecule has 0 amide bonds. The molecule has 0 saturated carbocycles. The Bertz CT molecular complexity index is 627. The van der Waals surface area contributed by atoms with Crippen molar-refractivity contribution in [2.24, 2.45) is 0 Å². The zero-order chi connectivity index (χ0) is 14.7. The van der Waals surface area contributed by atoms with Crippen molar-refractivity contribution in [1.82, 2.24) is 10.3 Å². The third-order valence-corrected chi connectivity index (χ3v) is 3.24. The largest absolute Gasteiger partial charge is 0.439 e. The molecular weight excluding hydrogens is 326 g/mol. The lowest BCUT2D eigenvalue weighted by Crippen LogP contribution is -2.17. The van der Waals surface area contributed by atoms with E-state index in [4.69, 9.17) is 4.42 Å². The molecule has 1 aromatic heterocycles. The normalized spacial score (nSPS) is 12.3. The minimum absolute atomic E-state index is 0.00381. The Morgan fingerprint density at radius 3 is 2.90 bits per heavy atom. The van der Waals surface area contributed by atoms with Crippen molar-refractivity contribution in [2.45, 2.75) is 19.9 Å². The van der Waals surface area contributed by atoms with E-state index in [0.717, 1.165) is 6.54 Å². The van der Waals surface area contributed by atoms with Crippen molar-refractivity contribution < 1.29 is 9.34 Å². The maximum absolute atomic E-state index is 10.9. The zero-order valence-corrected chi connectivity index (χ0v) is 12.7. The Balaban J connectivity index is 2.34. The molecule has 1 unspecified atom stereocenters. The van der Waals surface area contributed by atoms with Gasteiger partial charge in [-0.25, -0.2) is 4.98 Å². The van der Waals surface area contributed by atoms with Gasteiger partial charge in [-0.05, 0) is 19.5 Å². The van der Waals surface area contributed by atoms with Gasteiger partial charge >= 0.3 is 0 Å². The van der Waals surface area contributed by atoms with E-state index in [1.807, 2.05) is 13.8 Å². The van der Waals surface area contributed by atoms with Crippen molar-refractivity contribution >= 4 is 21.6 Å². The number of aromatic nitrogens is 1. The smallest absolute Gasteiger partial charge is 0.271 e. The van der Waals surface area contributed by atoms with E-state index in [1.54, 1.807) is 12.3 Å². The summed E-state index contributed by atoms with van der Waals surface area (Å²) >= 11 is 3.26. The van der Waals surface area contributed by atoms with Gasteiger partial charge in [-0.2, -0.15) is 0 Å². The molecule has 1 N–H and O–H groups in total. The number of hydrogen-bond acceptors (Lipinski definition) is 5. The Morgan fingerprint density at radius 2 is 2.25 bits per heavy atom. The van der Waals surface area contributed by atoms with Gasteiger partial charge in [-0.3, -0.25) is 10.1 Å². The first-order valence-electron chi connectivity index (χ1n) is 6.15. The molecule has 2 aromatic rings. The second-order valence-electron chi connectivity index (χ2n) is 4.30. The van der Waals surface area contributed by atoms with Crippen molar-refractivity contribution in [1.29, 1.82) is 0 Å². The summed E-state index contributed by atoms with van der Waals surface area (Å²) < 4.78 is 6.28. The summed E-state index contributed by atoms with van der Waals surface area (Å²) in [5.74, 6) is 1.07. The number of benzene rings is 1. The van der Waals surface area contributed by atoms with Crippen LogP contribution in [-0.2, 0) is 0 Å². The third kappa shape index (κ3) is 3.23. The lowest BCUT2D eigenvalue weighted by atomic mass is 10.1. The van der Waals surface area contributed by atoms with Crippen LogP contribution in [0.25, 0.3) is 11.3 Å². The molecule has 0 radical (unpaired) electrons. The second kappa shape index (κ2) is 6.15. The van der Waals surface area contributed by atoms with Gasteiger partial charge < -0.3 is 9.73 Å². The lowest BCUT2D eigenvalue weighted by molar-refractivity contribution is -0.384. The van der Waals surface area contributed by atoms with Gasteiger partial charge in [0.2, 0.25) is 5.89 Å². The zero-order valence-electron chi connectivity index (χ0n) is 11.1. The summed E-state index contributed by atoms with van der Waals surface area (Å²) in [7, 11) is 0. The maximum atomic E-state index is 10.9. The van der Waals surface area contributed by atoms with Crippen LogP contribution < -0.4 is 5.32 Å². The van der Waals surface area contributed by atoms with Crippen LogP contribution in [0.4, 0.5) is 5.69 Å². The molecule has 106 valence electrons. The summed E-state index contributed by atoms with van der Waals surface area (Å²) in [6.07, 6.45) is 1.58. The van der Waals surface area contributed by atoms with Gasteiger partial charge in [0.25, 0.3) is 5.69 Å². The van der Waals surface area contributed by atoms with Crippen LogP contribution in [0.3, 0.4) is 0 Å². The first-order valence-corrected chi connectivity index (χ1v) is 6.95. The molecule has 7 heteroatoms. The van der Waals surface area contributed by atoms with Crippen molar-refractivity contribution in [3.63, 3.8) is 0 Å². The number of nitro groups is 1. The monoisotopic (exact) mass is 339 g/mol. The van der Waals surface area contributed by atoms with Crippen LogP contribution in [0.5, 0.6) is 0 Å². The second-order valence-corrected chi connectivity index (χ2v) is 5.21. The number of nitrogens with zero attached hydrogens (tertiary/aromatic N) is 2. The molecule has 1 atom stereocenters. The maximum Gasteiger partial charge on any atom is 0.271 e. The summed E-state index contributed by atoms with van der Waals surface area (Å²) in [5.41, 5.74) is 0.626. The van der Waals surface area contributed by atoms with Gasteiger partial charge in [0, 0.05) is 22.2 Å². The minimum atomic E-state index is -0.438. The van der Waals surface area contributed by atoms with E-state index in [9.17, 15) is 10.1 Å². The van der Waals surface area contributed by atoms with Crippen LogP contribution >= 0.6 is 15.9 Å². The molecule has 0 fully saturated rings. The fraction of sp³-hybridized carbons (Fsp3) is 0.308. The molecule has 0 aliphatic heterocycles. The van der Waals surface area contributed by atoms with Gasteiger partial charge in [-0.1, -0.05) is 22.9 Å². The fourth-order valence-corrected chi connectivity index (χ4v) is 2.32. The van der Waals surface area contributed by atoms with Crippen LogP contribution in [0, 0.1) is 10.1 Å². The number of oxazole rings is 1. The lowest BCUT2D eigenvalue weighted by Gasteiger charge is -2.06. The van der Waals surface area contributed by atoms with Crippen molar-refractivity contribution in [2.75, 3.05) is 6.54 Å². The third-order valence-electron chi connectivity index (χ3n) is 2.78. The van der Waals surface area contributed by atoms with Gasteiger partial charge in [0.15, 0.2) is 5.76 Å².